The van der Waals surface area contributed by atoms with Gasteiger partial charge in [-0.2, -0.15) is 0 Å². The quantitative estimate of drug-likeness (QED) is 0.539. The molecule has 1 aliphatic carbocycles. The number of nitrogens with one attached hydrogen (secondary N) is 2. The van der Waals surface area contributed by atoms with Crippen molar-refractivity contribution < 1.29 is 4.79 Å². The van der Waals surface area contributed by atoms with Gasteiger partial charge in [0, 0.05) is 29.8 Å². The number of amides is 1. The second-order valence-electron chi connectivity index (χ2n) is 8.90. The molecule has 7 heteroatoms. The maximum atomic E-state index is 12.3. The van der Waals surface area contributed by atoms with Crippen LogP contribution in [-0.4, -0.2) is 39.1 Å². The van der Waals surface area contributed by atoms with Crippen molar-refractivity contribution in [3.63, 3.8) is 0 Å². The van der Waals surface area contributed by atoms with Crippen LogP contribution in [0.25, 0.3) is 16.9 Å². The molecule has 1 aliphatic rings. The average Bonchev–Trinajstić information content (AvgIpc) is 3.18. The molecule has 0 atom stereocenters. The Balaban J connectivity index is 1.48. The molecule has 0 bridgehead atoms. The smallest absolute Gasteiger partial charge is 0.251 e. The highest BCUT2D eigenvalue weighted by Crippen LogP contribution is 2.23. The maximum absolute atomic E-state index is 12.3. The molecule has 0 radical (unpaired) electrons. The number of aromatic nitrogens is 3. The summed E-state index contributed by atoms with van der Waals surface area (Å²) in [5.74, 6) is 1.37. The monoisotopic (exact) mass is 420 g/mol. The SMILES string of the molecule is CC(C)CCNC(=O)c1ccc(-c2cnc3ccc(N[C@H]4CC[C@H](N)CC4)nn23)cc1. The highest BCUT2D eigenvalue weighted by Gasteiger charge is 2.19. The molecule has 0 aliphatic heterocycles. The van der Waals surface area contributed by atoms with Crippen molar-refractivity contribution in [1.82, 2.24) is 19.9 Å². The van der Waals surface area contributed by atoms with Crippen LogP contribution in [0.2, 0.25) is 0 Å². The molecule has 2 aromatic heterocycles. The summed E-state index contributed by atoms with van der Waals surface area (Å²) in [5.41, 5.74) is 9.34. The van der Waals surface area contributed by atoms with Gasteiger partial charge in [-0.25, -0.2) is 9.50 Å². The zero-order valence-corrected chi connectivity index (χ0v) is 18.3. The van der Waals surface area contributed by atoms with Gasteiger partial charge in [-0.15, -0.1) is 5.10 Å². The summed E-state index contributed by atoms with van der Waals surface area (Å²) in [6.45, 7) is 4.99. The van der Waals surface area contributed by atoms with E-state index < -0.39 is 0 Å². The highest BCUT2D eigenvalue weighted by atomic mass is 16.1. The fourth-order valence-corrected chi connectivity index (χ4v) is 3.99. The van der Waals surface area contributed by atoms with Gasteiger partial charge in [0.15, 0.2) is 5.65 Å². The van der Waals surface area contributed by atoms with Crippen LogP contribution < -0.4 is 16.4 Å². The van der Waals surface area contributed by atoms with E-state index in [1.54, 1.807) is 0 Å². The van der Waals surface area contributed by atoms with Crippen LogP contribution in [0.4, 0.5) is 5.82 Å². The molecule has 31 heavy (non-hydrogen) atoms. The molecular formula is C24H32N6O. The van der Waals surface area contributed by atoms with E-state index in [0.717, 1.165) is 54.8 Å². The first kappa shape index (κ1) is 21.3. The lowest BCUT2D eigenvalue weighted by atomic mass is 9.92. The summed E-state index contributed by atoms with van der Waals surface area (Å²) in [6, 6.07) is 12.3. The summed E-state index contributed by atoms with van der Waals surface area (Å²) in [6.07, 6.45) is 7.03. The van der Waals surface area contributed by atoms with E-state index in [0.29, 0.717) is 30.1 Å². The van der Waals surface area contributed by atoms with Crippen molar-refractivity contribution in [2.45, 2.75) is 58.0 Å². The minimum absolute atomic E-state index is 0.0397. The van der Waals surface area contributed by atoms with Crippen molar-refractivity contribution in [1.29, 1.82) is 0 Å². The number of anilines is 1. The molecule has 4 rings (SSSR count). The number of fused-ring (bicyclic) bond motifs is 1. The van der Waals surface area contributed by atoms with Crippen molar-refractivity contribution in [3.05, 3.63) is 48.2 Å². The van der Waals surface area contributed by atoms with Gasteiger partial charge >= 0.3 is 0 Å². The lowest BCUT2D eigenvalue weighted by molar-refractivity contribution is 0.0952. The Kier molecular flexibility index (Phi) is 6.51. The predicted octanol–water partition coefficient (Wildman–Crippen LogP) is 3.85. The zero-order valence-electron chi connectivity index (χ0n) is 18.3. The fourth-order valence-electron chi connectivity index (χ4n) is 3.99. The average molecular weight is 421 g/mol. The number of benzene rings is 1. The third kappa shape index (κ3) is 5.22. The van der Waals surface area contributed by atoms with Gasteiger partial charge in [0.05, 0.1) is 11.9 Å². The number of carbonyl (C=O) groups excluding carboxylic acids is 1. The van der Waals surface area contributed by atoms with E-state index in [4.69, 9.17) is 10.8 Å². The number of rotatable bonds is 7. The topological polar surface area (TPSA) is 97.3 Å². The Bertz CT molecular complexity index is 1020. The van der Waals surface area contributed by atoms with Crippen molar-refractivity contribution in [2.75, 3.05) is 11.9 Å². The van der Waals surface area contributed by atoms with Crippen molar-refractivity contribution >= 4 is 17.4 Å². The molecule has 0 spiro atoms. The van der Waals surface area contributed by atoms with Crippen LogP contribution >= 0.6 is 0 Å². The van der Waals surface area contributed by atoms with Gasteiger partial charge in [0.25, 0.3) is 5.91 Å². The maximum Gasteiger partial charge on any atom is 0.251 e. The minimum atomic E-state index is -0.0397. The molecule has 0 unspecified atom stereocenters. The van der Waals surface area contributed by atoms with Crippen LogP contribution in [0, 0.1) is 5.92 Å². The third-order valence-electron chi connectivity index (χ3n) is 5.94. The Labute approximate surface area is 183 Å². The molecule has 0 saturated heterocycles. The first-order valence-electron chi connectivity index (χ1n) is 11.2. The molecule has 1 saturated carbocycles. The number of nitrogens with zero attached hydrogens (tertiary/aromatic N) is 3. The Morgan fingerprint density at radius 3 is 2.58 bits per heavy atom. The fraction of sp³-hybridized carbons (Fsp3) is 0.458. The largest absolute Gasteiger partial charge is 0.366 e. The first-order chi connectivity index (χ1) is 15.0. The second kappa shape index (κ2) is 9.47. The van der Waals surface area contributed by atoms with E-state index in [1.165, 1.54) is 0 Å². The molecule has 7 nitrogen and oxygen atoms in total. The normalized spacial score (nSPS) is 19.0. The van der Waals surface area contributed by atoms with E-state index in [9.17, 15) is 4.79 Å². The summed E-state index contributed by atoms with van der Waals surface area (Å²) < 4.78 is 1.86. The van der Waals surface area contributed by atoms with Gasteiger partial charge in [0.2, 0.25) is 0 Å². The lowest BCUT2D eigenvalue weighted by Crippen LogP contribution is -2.33. The predicted molar refractivity (Wildman–Crippen MR) is 124 cm³/mol. The first-order valence-corrected chi connectivity index (χ1v) is 11.2. The minimum Gasteiger partial charge on any atom is -0.366 e. The van der Waals surface area contributed by atoms with Crippen LogP contribution in [0.15, 0.2) is 42.6 Å². The van der Waals surface area contributed by atoms with Crippen LogP contribution in [-0.2, 0) is 0 Å². The molecule has 1 aromatic carbocycles. The van der Waals surface area contributed by atoms with Gasteiger partial charge < -0.3 is 16.4 Å². The van der Waals surface area contributed by atoms with Gasteiger partial charge in [0.1, 0.15) is 5.82 Å². The summed E-state index contributed by atoms with van der Waals surface area (Å²) >= 11 is 0. The molecule has 4 N–H and O–H groups in total. The molecule has 2 heterocycles. The molecular weight excluding hydrogens is 388 g/mol. The molecule has 3 aromatic rings. The Morgan fingerprint density at radius 2 is 1.87 bits per heavy atom. The lowest BCUT2D eigenvalue weighted by Gasteiger charge is -2.27. The number of carbonyl (C=O) groups is 1. The van der Waals surface area contributed by atoms with E-state index >= 15 is 0 Å². The third-order valence-corrected chi connectivity index (χ3v) is 5.94. The highest BCUT2D eigenvalue weighted by molar-refractivity contribution is 5.94. The van der Waals surface area contributed by atoms with Crippen molar-refractivity contribution in [3.8, 4) is 11.3 Å². The molecule has 164 valence electrons. The Hall–Kier alpha value is -2.93. The van der Waals surface area contributed by atoms with Gasteiger partial charge in [-0.3, -0.25) is 4.79 Å². The molecule has 1 fully saturated rings. The number of imidazole rings is 1. The summed E-state index contributed by atoms with van der Waals surface area (Å²) in [4.78, 5) is 16.8. The summed E-state index contributed by atoms with van der Waals surface area (Å²) in [5, 5.41) is 11.3. The van der Waals surface area contributed by atoms with E-state index in [1.807, 2.05) is 47.1 Å². The van der Waals surface area contributed by atoms with Crippen molar-refractivity contribution in [2.24, 2.45) is 11.7 Å². The Morgan fingerprint density at radius 1 is 1.13 bits per heavy atom. The second-order valence-corrected chi connectivity index (χ2v) is 8.90. The van der Waals surface area contributed by atoms with Crippen LogP contribution in [0.1, 0.15) is 56.3 Å². The van der Waals surface area contributed by atoms with Crippen LogP contribution in [0.5, 0.6) is 0 Å². The standard InChI is InChI=1S/C24H32N6O/c1-16(2)13-14-26-24(31)18-5-3-17(4-6-18)21-15-27-23-12-11-22(29-30(21)23)28-20-9-7-19(25)8-10-20/h3-6,11-12,15-16,19-20H,7-10,13-14,25H2,1-2H3,(H,26,31)(H,28,29)/t19-,20-. The van der Waals surface area contributed by atoms with E-state index in [2.05, 4.69) is 29.5 Å². The summed E-state index contributed by atoms with van der Waals surface area (Å²) in [7, 11) is 0. The number of hydrogen-bond acceptors (Lipinski definition) is 5. The number of hydrogen-bond donors (Lipinski definition) is 3. The van der Waals surface area contributed by atoms with Crippen LogP contribution in [0.3, 0.4) is 0 Å². The van der Waals surface area contributed by atoms with E-state index in [-0.39, 0.29) is 5.91 Å². The van der Waals surface area contributed by atoms with Gasteiger partial charge in [-0.1, -0.05) is 26.0 Å². The zero-order chi connectivity index (χ0) is 21.8. The van der Waals surface area contributed by atoms with Gasteiger partial charge in [-0.05, 0) is 62.3 Å². The number of nitrogens with two attached hydrogens (primary N) is 1. The molecule has 1 amide bonds.